The first-order valence-electron chi connectivity index (χ1n) is 6.51. The van der Waals surface area contributed by atoms with Crippen LogP contribution in [0.15, 0.2) is 54.7 Å². The topological polar surface area (TPSA) is 38.9 Å². The Morgan fingerprint density at radius 1 is 1.05 bits per heavy atom. The molecular formula is C17H15FN2. The Hall–Kier alpha value is -2.26. The molecule has 1 aromatic heterocycles. The van der Waals surface area contributed by atoms with E-state index in [1.54, 1.807) is 25.3 Å². The summed E-state index contributed by atoms with van der Waals surface area (Å²) in [5.74, 6) is -0.207. The largest absolute Gasteiger partial charge is 0.320 e. The summed E-state index contributed by atoms with van der Waals surface area (Å²) >= 11 is 0. The molecule has 0 amide bonds. The van der Waals surface area contributed by atoms with Gasteiger partial charge in [0.2, 0.25) is 0 Å². The van der Waals surface area contributed by atoms with Gasteiger partial charge in [-0.15, -0.1) is 0 Å². The highest BCUT2D eigenvalue weighted by molar-refractivity contribution is 5.79. The van der Waals surface area contributed by atoms with E-state index < -0.39 is 0 Å². The third-order valence-electron chi connectivity index (χ3n) is 3.53. The highest BCUT2D eigenvalue weighted by Gasteiger charge is 2.11. The van der Waals surface area contributed by atoms with E-state index in [2.05, 4.69) is 4.98 Å². The van der Waals surface area contributed by atoms with Gasteiger partial charge in [-0.05, 0) is 41.8 Å². The zero-order chi connectivity index (χ0) is 14.1. The fourth-order valence-electron chi connectivity index (χ4n) is 2.33. The average molecular weight is 266 g/mol. The Labute approximate surface area is 117 Å². The molecule has 2 nitrogen and oxygen atoms in total. The van der Waals surface area contributed by atoms with Crippen LogP contribution in [0.25, 0.3) is 10.9 Å². The molecule has 3 aromatic rings. The molecule has 1 atom stereocenters. The molecule has 0 saturated carbocycles. The SMILES string of the molecule is Cc1cc(C(N)c2ccc3cccnc3c2)ccc1F. The van der Waals surface area contributed by atoms with Crippen LogP contribution in [-0.4, -0.2) is 4.98 Å². The average Bonchev–Trinajstić information content (AvgIpc) is 2.49. The maximum Gasteiger partial charge on any atom is 0.126 e. The van der Waals surface area contributed by atoms with E-state index in [0.717, 1.165) is 22.0 Å². The molecule has 20 heavy (non-hydrogen) atoms. The van der Waals surface area contributed by atoms with E-state index in [1.165, 1.54) is 6.07 Å². The lowest BCUT2D eigenvalue weighted by molar-refractivity contribution is 0.617. The fraction of sp³-hybridized carbons (Fsp3) is 0.118. The van der Waals surface area contributed by atoms with Crippen LogP contribution in [0.4, 0.5) is 4.39 Å². The number of pyridine rings is 1. The molecule has 0 aliphatic carbocycles. The maximum absolute atomic E-state index is 13.3. The number of nitrogens with two attached hydrogens (primary N) is 1. The third-order valence-corrected chi connectivity index (χ3v) is 3.53. The molecule has 0 aliphatic heterocycles. The lowest BCUT2D eigenvalue weighted by Crippen LogP contribution is -2.12. The summed E-state index contributed by atoms with van der Waals surface area (Å²) in [6, 6.07) is 14.6. The van der Waals surface area contributed by atoms with Crippen molar-refractivity contribution in [2.45, 2.75) is 13.0 Å². The molecule has 100 valence electrons. The van der Waals surface area contributed by atoms with E-state index >= 15 is 0 Å². The predicted octanol–water partition coefficient (Wildman–Crippen LogP) is 3.73. The number of fused-ring (bicyclic) bond motifs is 1. The Morgan fingerprint density at radius 2 is 1.80 bits per heavy atom. The molecule has 0 saturated heterocycles. The third kappa shape index (κ3) is 2.28. The Balaban J connectivity index is 2.02. The van der Waals surface area contributed by atoms with Gasteiger partial charge in [0.1, 0.15) is 5.82 Å². The van der Waals surface area contributed by atoms with Gasteiger partial charge in [0.15, 0.2) is 0 Å². The zero-order valence-electron chi connectivity index (χ0n) is 11.2. The van der Waals surface area contributed by atoms with Crippen molar-refractivity contribution in [3.8, 4) is 0 Å². The molecule has 1 unspecified atom stereocenters. The number of nitrogens with zero attached hydrogens (tertiary/aromatic N) is 1. The van der Waals surface area contributed by atoms with Gasteiger partial charge < -0.3 is 5.73 Å². The molecular weight excluding hydrogens is 251 g/mol. The number of halogens is 1. The molecule has 2 N–H and O–H groups in total. The van der Waals surface area contributed by atoms with Crippen molar-refractivity contribution in [3.63, 3.8) is 0 Å². The van der Waals surface area contributed by atoms with Crippen LogP contribution in [-0.2, 0) is 0 Å². The van der Waals surface area contributed by atoms with Crippen LogP contribution in [0, 0.1) is 12.7 Å². The van der Waals surface area contributed by atoms with Crippen molar-refractivity contribution in [1.82, 2.24) is 4.98 Å². The second kappa shape index (κ2) is 5.02. The minimum atomic E-state index is -0.277. The van der Waals surface area contributed by atoms with Gasteiger partial charge in [0.05, 0.1) is 11.6 Å². The van der Waals surface area contributed by atoms with Crippen LogP contribution in [0.3, 0.4) is 0 Å². The fourth-order valence-corrected chi connectivity index (χ4v) is 2.33. The first-order valence-corrected chi connectivity index (χ1v) is 6.51. The Kier molecular flexibility index (Phi) is 3.20. The summed E-state index contributed by atoms with van der Waals surface area (Å²) < 4.78 is 13.3. The van der Waals surface area contributed by atoms with Gasteiger partial charge in [0.25, 0.3) is 0 Å². The molecule has 3 heteroatoms. The van der Waals surface area contributed by atoms with Gasteiger partial charge in [-0.25, -0.2) is 4.39 Å². The first kappa shape index (κ1) is 12.8. The number of rotatable bonds is 2. The zero-order valence-corrected chi connectivity index (χ0v) is 11.2. The van der Waals surface area contributed by atoms with Gasteiger partial charge in [-0.2, -0.15) is 0 Å². The maximum atomic E-state index is 13.3. The minimum absolute atomic E-state index is 0.207. The summed E-state index contributed by atoms with van der Waals surface area (Å²) in [5, 5.41) is 1.08. The number of hydrogen-bond acceptors (Lipinski definition) is 2. The van der Waals surface area contributed by atoms with Crippen molar-refractivity contribution >= 4 is 10.9 Å². The lowest BCUT2D eigenvalue weighted by Gasteiger charge is -2.14. The number of aryl methyl sites for hydroxylation is 1. The highest BCUT2D eigenvalue weighted by Crippen LogP contribution is 2.24. The molecule has 0 radical (unpaired) electrons. The van der Waals surface area contributed by atoms with Gasteiger partial charge >= 0.3 is 0 Å². The van der Waals surface area contributed by atoms with Crippen molar-refractivity contribution < 1.29 is 4.39 Å². The van der Waals surface area contributed by atoms with Crippen LogP contribution in [0.2, 0.25) is 0 Å². The quantitative estimate of drug-likeness (QED) is 0.767. The van der Waals surface area contributed by atoms with Gasteiger partial charge in [0, 0.05) is 11.6 Å². The summed E-state index contributed by atoms with van der Waals surface area (Å²) in [4.78, 5) is 4.33. The Bertz CT molecular complexity index is 768. The van der Waals surface area contributed by atoms with Gasteiger partial charge in [-0.3, -0.25) is 4.98 Å². The summed E-state index contributed by atoms with van der Waals surface area (Å²) in [7, 11) is 0. The molecule has 0 bridgehead atoms. The molecule has 1 heterocycles. The smallest absolute Gasteiger partial charge is 0.126 e. The van der Waals surface area contributed by atoms with Crippen molar-refractivity contribution in [2.75, 3.05) is 0 Å². The summed E-state index contributed by atoms with van der Waals surface area (Å²) in [6.07, 6.45) is 1.76. The van der Waals surface area contributed by atoms with Crippen LogP contribution < -0.4 is 5.73 Å². The number of hydrogen-bond donors (Lipinski definition) is 1. The number of aromatic nitrogens is 1. The second-order valence-electron chi connectivity index (χ2n) is 4.94. The normalized spacial score (nSPS) is 12.6. The molecule has 0 fully saturated rings. The number of benzene rings is 2. The minimum Gasteiger partial charge on any atom is -0.320 e. The highest BCUT2D eigenvalue weighted by atomic mass is 19.1. The Morgan fingerprint density at radius 3 is 2.60 bits per heavy atom. The van der Waals surface area contributed by atoms with E-state index in [-0.39, 0.29) is 11.9 Å². The van der Waals surface area contributed by atoms with Gasteiger partial charge in [-0.1, -0.05) is 30.3 Å². The standard InChI is InChI=1S/C17H15FN2/c1-11-9-13(6-7-15(11)18)17(19)14-5-4-12-3-2-8-20-16(12)10-14/h2-10,17H,19H2,1H3. The van der Waals surface area contributed by atoms with E-state index in [9.17, 15) is 4.39 Å². The molecule has 3 rings (SSSR count). The molecule has 2 aromatic carbocycles. The van der Waals surface area contributed by atoms with Crippen molar-refractivity contribution in [2.24, 2.45) is 5.73 Å². The van der Waals surface area contributed by atoms with Crippen LogP contribution in [0.1, 0.15) is 22.7 Å². The van der Waals surface area contributed by atoms with E-state index in [4.69, 9.17) is 5.73 Å². The summed E-state index contributed by atoms with van der Waals surface area (Å²) in [5.41, 5.74) is 9.68. The van der Waals surface area contributed by atoms with Crippen molar-refractivity contribution in [3.05, 3.63) is 77.2 Å². The van der Waals surface area contributed by atoms with Crippen molar-refractivity contribution in [1.29, 1.82) is 0 Å². The van der Waals surface area contributed by atoms with E-state index in [0.29, 0.717) is 5.56 Å². The van der Waals surface area contributed by atoms with Crippen LogP contribution in [0.5, 0.6) is 0 Å². The molecule has 0 spiro atoms. The van der Waals surface area contributed by atoms with E-state index in [1.807, 2.05) is 30.3 Å². The predicted molar refractivity (Wildman–Crippen MR) is 78.9 cm³/mol. The molecule has 0 aliphatic rings. The first-order chi connectivity index (χ1) is 9.65. The van der Waals surface area contributed by atoms with Crippen LogP contribution >= 0.6 is 0 Å². The second-order valence-corrected chi connectivity index (χ2v) is 4.94. The summed E-state index contributed by atoms with van der Waals surface area (Å²) in [6.45, 7) is 1.74. The lowest BCUT2D eigenvalue weighted by atomic mass is 9.97. The monoisotopic (exact) mass is 266 g/mol.